The third kappa shape index (κ3) is 3.01. The van der Waals surface area contributed by atoms with Crippen LogP contribution in [0.3, 0.4) is 0 Å². The molecule has 21 heavy (non-hydrogen) atoms. The van der Waals surface area contributed by atoms with E-state index in [-0.39, 0.29) is 6.04 Å². The molecule has 1 heterocycles. The van der Waals surface area contributed by atoms with Crippen molar-refractivity contribution in [2.24, 2.45) is 5.73 Å². The van der Waals surface area contributed by atoms with Crippen LogP contribution in [-0.2, 0) is 13.0 Å². The standard InChI is InChI=1S/C19H22N2/c1-14-6-8-16(9-7-14)13-21-11-10-18-17(12-15(2)20)4-3-5-19(18)21/h3-11,15H,12-13,20H2,1-2H3. The van der Waals surface area contributed by atoms with Crippen molar-refractivity contribution in [3.63, 3.8) is 0 Å². The van der Waals surface area contributed by atoms with Crippen LogP contribution in [-0.4, -0.2) is 10.6 Å². The summed E-state index contributed by atoms with van der Waals surface area (Å²) in [6.07, 6.45) is 3.10. The molecule has 2 aromatic carbocycles. The van der Waals surface area contributed by atoms with Crippen LogP contribution in [0.4, 0.5) is 0 Å². The van der Waals surface area contributed by atoms with Gasteiger partial charge >= 0.3 is 0 Å². The highest BCUT2D eigenvalue weighted by Crippen LogP contribution is 2.22. The van der Waals surface area contributed by atoms with Crippen LogP contribution in [0.15, 0.2) is 54.7 Å². The number of nitrogens with two attached hydrogens (primary N) is 1. The lowest BCUT2D eigenvalue weighted by atomic mass is 10.0. The van der Waals surface area contributed by atoms with E-state index in [4.69, 9.17) is 5.73 Å². The molecule has 0 aliphatic rings. The zero-order chi connectivity index (χ0) is 14.8. The first kappa shape index (κ1) is 13.9. The summed E-state index contributed by atoms with van der Waals surface area (Å²) in [5.74, 6) is 0. The molecule has 1 unspecified atom stereocenters. The van der Waals surface area contributed by atoms with Crippen molar-refractivity contribution in [1.29, 1.82) is 0 Å². The Labute approximate surface area is 126 Å². The van der Waals surface area contributed by atoms with Crippen LogP contribution in [0.2, 0.25) is 0 Å². The minimum atomic E-state index is 0.191. The van der Waals surface area contributed by atoms with Crippen molar-refractivity contribution >= 4 is 10.9 Å². The fraction of sp³-hybridized carbons (Fsp3) is 0.263. The van der Waals surface area contributed by atoms with Crippen molar-refractivity contribution in [2.45, 2.75) is 32.9 Å². The summed E-state index contributed by atoms with van der Waals surface area (Å²) < 4.78 is 2.31. The smallest absolute Gasteiger partial charge is 0.0486 e. The molecule has 0 saturated heterocycles. The lowest BCUT2D eigenvalue weighted by Crippen LogP contribution is -2.17. The van der Waals surface area contributed by atoms with E-state index in [0.29, 0.717) is 0 Å². The van der Waals surface area contributed by atoms with Gasteiger partial charge in [-0.2, -0.15) is 0 Å². The first-order valence-electron chi connectivity index (χ1n) is 7.51. The summed E-state index contributed by atoms with van der Waals surface area (Å²) in [6.45, 7) is 5.09. The Morgan fingerprint density at radius 1 is 1.05 bits per heavy atom. The summed E-state index contributed by atoms with van der Waals surface area (Å²) in [7, 11) is 0. The minimum absolute atomic E-state index is 0.191. The van der Waals surface area contributed by atoms with Gasteiger partial charge in [-0.3, -0.25) is 0 Å². The zero-order valence-corrected chi connectivity index (χ0v) is 12.7. The zero-order valence-electron chi connectivity index (χ0n) is 12.7. The molecule has 0 radical (unpaired) electrons. The number of aryl methyl sites for hydroxylation is 1. The van der Waals surface area contributed by atoms with Crippen molar-refractivity contribution < 1.29 is 0 Å². The van der Waals surface area contributed by atoms with Gasteiger partial charge in [0.25, 0.3) is 0 Å². The predicted molar refractivity (Wildman–Crippen MR) is 89.6 cm³/mol. The van der Waals surface area contributed by atoms with Gasteiger partial charge in [-0.25, -0.2) is 0 Å². The van der Waals surface area contributed by atoms with Crippen LogP contribution in [0.25, 0.3) is 10.9 Å². The molecule has 0 aliphatic carbocycles. The second kappa shape index (κ2) is 5.74. The molecule has 1 atom stereocenters. The third-order valence-electron chi connectivity index (χ3n) is 3.92. The number of fused-ring (bicyclic) bond motifs is 1. The number of benzene rings is 2. The fourth-order valence-corrected chi connectivity index (χ4v) is 2.84. The Hall–Kier alpha value is -2.06. The molecule has 108 valence electrons. The molecule has 0 saturated carbocycles. The quantitative estimate of drug-likeness (QED) is 0.771. The fourth-order valence-electron chi connectivity index (χ4n) is 2.84. The van der Waals surface area contributed by atoms with E-state index in [1.807, 2.05) is 0 Å². The average molecular weight is 278 g/mol. The van der Waals surface area contributed by atoms with Crippen molar-refractivity contribution in [2.75, 3.05) is 0 Å². The Morgan fingerprint density at radius 2 is 1.81 bits per heavy atom. The largest absolute Gasteiger partial charge is 0.343 e. The summed E-state index contributed by atoms with van der Waals surface area (Å²) in [5.41, 5.74) is 11.2. The average Bonchev–Trinajstić information content (AvgIpc) is 2.85. The number of nitrogens with zero attached hydrogens (tertiary/aromatic N) is 1. The molecule has 0 spiro atoms. The molecule has 3 aromatic rings. The predicted octanol–water partition coefficient (Wildman–Crippen LogP) is 3.89. The maximum absolute atomic E-state index is 5.95. The highest BCUT2D eigenvalue weighted by atomic mass is 14.9. The SMILES string of the molecule is Cc1ccc(Cn2ccc3c(CC(C)N)cccc32)cc1. The van der Waals surface area contributed by atoms with E-state index in [2.05, 4.69) is 73.1 Å². The molecular weight excluding hydrogens is 256 g/mol. The van der Waals surface area contributed by atoms with Crippen LogP contribution in [0, 0.1) is 6.92 Å². The first-order valence-corrected chi connectivity index (χ1v) is 7.51. The second-order valence-electron chi connectivity index (χ2n) is 5.96. The van der Waals surface area contributed by atoms with Crippen LogP contribution >= 0.6 is 0 Å². The molecule has 1 aromatic heterocycles. The van der Waals surface area contributed by atoms with Gasteiger partial charge in [-0.05, 0) is 43.5 Å². The van der Waals surface area contributed by atoms with Crippen molar-refractivity contribution in [1.82, 2.24) is 4.57 Å². The van der Waals surface area contributed by atoms with Gasteiger partial charge in [-0.15, -0.1) is 0 Å². The number of hydrogen-bond donors (Lipinski definition) is 1. The Bertz CT molecular complexity index is 736. The molecule has 0 fully saturated rings. The monoisotopic (exact) mass is 278 g/mol. The van der Waals surface area contributed by atoms with Gasteiger partial charge in [0, 0.05) is 29.7 Å². The van der Waals surface area contributed by atoms with E-state index in [0.717, 1.165) is 13.0 Å². The van der Waals surface area contributed by atoms with E-state index in [1.165, 1.54) is 27.6 Å². The second-order valence-corrected chi connectivity index (χ2v) is 5.96. The highest BCUT2D eigenvalue weighted by Gasteiger charge is 2.07. The molecule has 0 bridgehead atoms. The van der Waals surface area contributed by atoms with Crippen LogP contribution in [0.1, 0.15) is 23.6 Å². The number of rotatable bonds is 4. The molecule has 0 amide bonds. The van der Waals surface area contributed by atoms with Crippen LogP contribution < -0.4 is 5.73 Å². The number of hydrogen-bond acceptors (Lipinski definition) is 1. The van der Waals surface area contributed by atoms with Gasteiger partial charge in [0.1, 0.15) is 0 Å². The lowest BCUT2D eigenvalue weighted by Gasteiger charge is -2.09. The number of aromatic nitrogens is 1. The Kier molecular flexibility index (Phi) is 3.80. The van der Waals surface area contributed by atoms with E-state index < -0.39 is 0 Å². The van der Waals surface area contributed by atoms with Gasteiger partial charge in [0.15, 0.2) is 0 Å². The topological polar surface area (TPSA) is 30.9 Å². The van der Waals surface area contributed by atoms with Crippen LogP contribution in [0.5, 0.6) is 0 Å². The van der Waals surface area contributed by atoms with Gasteiger partial charge in [0.05, 0.1) is 0 Å². The van der Waals surface area contributed by atoms with Crippen molar-refractivity contribution in [3.05, 3.63) is 71.4 Å². The molecule has 2 N–H and O–H groups in total. The van der Waals surface area contributed by atoms with E-state index in [9.17, 15) is 0 Å². The first-order chi connectivity index (χ1) is 10.1. The minimum Gasteiger partial charge on any atom is -0.343 e. The third-order valence-corrected chi connectivity index (χ3v) is 3.92. The maximum atomic E-state index is 5.95. The molecular formula is C19H22N2. The molecule has 0 aliphatic heterocycles. The molecule has 2 heteroatoms. The van der Waals surface area contributed by atoms with E-state index in [1.54, 1.807) is 0 Å². The lowest BCUT2D eigenvalue weighted by molar-refractivity contribution is 0.741. The Balaban J connectivity index is 1.95. The van der Waals surface area contributed by atoms with Gasteiger partial charge in [0.2, 0.25) is 0 Å². The molecule has 2 nitrogen and oxygen atoms in total. The molecule has 3 rings (SSSR count). The maximum Gasteiger partial charge on any atom is 0.0486 e. The van der Waals surface area contributed by atoms with Gasteiger partial charge < -0.3 is 10.3 Å². The van der Waals surface area contributed by atoms with E-state index >= 15 is 0 Å². The van der Waals surface area contributed by atoms with Crippen molar-refractivity contribution in [3.8, 4) is 0 Å². The highest BCUT2D eigenvalue weighted by molar-refractivity contribution is 5.83. The summed E-state index contributed by atoms with van der Waals surface area (Å²) in [6, 6.07) is 17.6. The summed E-state index contributed by atoms with van der Waals surface area (Å²) in [5, 5.41) is 1.32. The summed E-state index contributed by atoms with van der Waals surface area (Å²) >= 11 is 0. The normalized spacial score (nSPS) is 12.7. The Morgan fingerprint density at radius 3 is 2.52 bits per heavy atom. The van der Waals surface area contributed by atoms with Gasteiger partial charge in [-0.1, -0.05) is 42.0 Å². The summed E-state index contributed by atoms with van der Waals surface area (Å²) in [4.78, 5) is 0.